The summed E-state index contributed by atoms with van der Waals surface area (Å²) >= 11 is 6.38. The van der Waals surface area contributed by atoms with E-state index in [-0.39, 0.29) is 0 Å². The number of nitrogens with zero attached hydrogens (tertiary/aromatic N) is 4. The van der Waals surface area contributed by atoms with Crippen molar-refractivity contribution in [1.29, 1.82) is 0 Å². The number of hydrogen-bond donors (Lipinski definition) is 0. The van der Waals surface area contributed by atoms with Gasteiger partial charge in [-0.15, -0.1) is 0 Å². The fourth-order valence-corrected chi connectivity index (χ4v) is 2.72. The molecule has 5 heteroatoms. The first-order chi connectivity index (χ1) is 11.8. The monoisotopic (exact) mass is 333 g/mol. The Morgan fingerprint density at radius 3 is 2.08 bits per heavy atom. The topological polar surface area (TPSA) is 34.6 Å². The quantitative estimate of drug-likeness (QED) is 0.533. The van der Waals surface area contributed by atoms with Crippen molar-refractivity contribution < 1.29 is 4.68 Å². The molecular weight excluding hydrogens is 320 g/mol. The minimum atomic E-state index is 0.625. The van der Waals surface area contributed by atoms with Crippen molar-refractivity contribution in [2.75, 3.05) is 0 Å². The third-order valence-corrected chi connectivity index (χ3v) is 3.98. The molecular formula is C19H14ClN4+. The Balaban J connectivity index is 1.94. The molecule has 0 fully saturated rings. The van der Waals surface area contributed by atoms with Crippen molar-refractivity contribution in [3.05, 3.63) is 90.0 Å². The van der Waals surface area contributed by atoms with Crippen LogP contribution in [-0.4, -0.2) is 15.1 Å². The van der Waals surface area contributed by atoms with Crippen LogP contribution in [0.4, 0.5) is 0 Å². The average molecular weight is 334 g/mol. The van der Waals surface area contributed by atoms with Gasteiger partial charge in [0.05, 0.1) is 20.9 Å². The van der Waals surface area contributed by atoms with Gasteiger partial charge in [0, 0.05) is 4.80 Å². The molecule has 0 unspecified atom stereocenters. The van der Waals surface area contributed by atoms with Gasteiger partial charge in [0.1, 0.15) is 5.69 Å². The summed E-state index contributed by atoms with van der Waals surface area (Å²) in [4.78, 5) is 1.62. The Kier molecular flexibility index (Phi) is 3.81. The van der Waals surface area contributed by atoms with E-state index in [1.165, 1.54) is 0 Å². The fraction of sp³-hybridized carbons (Fsp3) is 0. The summed E-state index contributed by atoms with van der Waals surface area (Å²) in [5.41, 5.74) is 2.65. The summed E-state index contributed by atoms with van der Waals surface area (Å²) in [6, 6.07) is 27.4. The second-order valence-corrected chi connectivity index (χ2v) is 5.67. The van der Waals surface area contributed by atoms with Crippen LogP contribution in [0.3, 0.4) is 0 Å². The minimum absolute atomic E-state index is 0.625. The van der Waals surface area contributed by atoms with Crippen molar-refractivity contribution in [1.82, 2.24) is 15.1 Å². The van der Waals surface area contributed by atoms with Crippen LogP contribution < -0.4 is 4.68 Å². The minimum Gasteiger partial charge on any atom is -0.0956 e. The molecule has 0 radical (unpaired) electrons. The zero-order valence-electron chi connectivity index (χ0n) is 12.7. The Labute approximate surface area is 144 Å². The van der Waals surface area contributed by atoms with E-state index in [1.54, 1.807) is 9.48 Å². The molecule has 0 amide bonds. The molecule has 116 valence electrons. The second kappa shape index (κ2) is 6.26. The van der Waals surface area contributed by atoms with Gasteiger partial charge in [-0.3, -0.25) is 0 Å². The maximum Gasteiger partial charge on any atom is 0.335 e. The molecule has 4 aromatic rings. The van der Waals surface area contributed by atoms with Gasteiger partial charge in [-0.05, 0) is 36.4 Å². The van der Waals surface area contributed by atoms with Crippen molar-refractivity contribution in [2.45, 2.75) is 0 Å². The van der Waals surface area contributed by atoms with Crippen LogP contribution in [0.15, 0.2) is 84.9 Å². The molecule has 4 rings (SSSR count). The fourth-order valence-electron chi connectivity index (χ4n) is 2.50. The van der Waals surface area contributed by atoms with Gasteiger partial charge < -0.3 is 0 Å². The maximum atomic E-state index is 6.38. The lowest BCUT2D eigenvalue weighted by atomic mass is 10.2. The first-order valence-corrected chi connectivity index (χ1v) is 7.96. The highest BCUT2D eigenvalue weighted by molar-refractivity contribution is 6.32. The molecule has 4 nitrogen and oxygen atoms in total. The van der Waals surface area contributed by atoms with Gasteiger partial charge in [-0.1, -0.05) is 64.8 Å². The SMILES string of the molecule is Clc1ccccc1-[n+]1nn(-c2ccccc2)nc1-c1ccccc1. The van der Waals surface area contributed by atoms with Crippen molar-refractivity contribution >= 4 is 11.6 Å². The molecule has 0 saturated heterocycles. The predicted molar refractivity (Wildman–Crippen MR) is 93.3 cm³/mol. The molecule has 0 saturated carbocycles. The number of para-hydroxylation sites is 2. The number of tetrazole rings is 1. The molecule has 0 bridgehead atoms. The summed E-state index contributed by atoms with van der Waals surface area (Å²) in [6.45, 7) is 0. The van der Waals surface area contributed by atoms with Gasteiger partial charge in [0.25, 0.3) is 0 Å². The molecule has 1 aromatic heterocycles. The standard InChI is InChI=1S/C19H14ClN4/c20-17-13-7-8-14-18(17)23-19(15-9-3-1-4-10-15)21-24(22-23)16-11-5-2-6-12-16/h1-14H/q+1. The highest BCUT2D eigenvalue weighted by Gasteiger charge is 2.24. The van der Waals surface area contributed by atoms with E-state index in [4.69, 9.17) is 11.6 Å². The van der Waals surface area contributed by atoms with Crippen molar-refractivity contribution in [3.8, 4) is 22.8 Å². The van der Waals surface area contributed by atoms with Crippen LogP contribution in [0, 0.1) is 0 Å². The van der Waals surface area contributed by atoms with Gasteiger partial charge in [-0.25, -0.2) is 0 Å². The zero-order valence-corrected chi connectivity index (χ0v) is 13.5. The molecule has 24 heavy (non-hydrogen) atoms. The largest absolute Gasteiger partial charge is 0.335 e. The number of rotatable bonds is 3. The van der Waals surface area contributed by atoms with E-state index in [0.29, 0.717) is 5.02 Å². The molecule has 0 atom stereocenters. The van der Waals surface area contributed by atoms with Gasteiger partial charge in [0.2, 0.25) is 0 Å². The summed E-state index contributed by atoms with van der Waals surface area (Å²) in [7, 11) is 0. The summed E-state index contributed by atoms with van der Waals surface area (Å²) in [5, 5.41) is 9.93. The Bertz CT molecular complexity index is 965. The first-order valence-electron chi connectivity index (χ1n) is 7.58. The first kappa shape index (κ1) is 14.6. The second-order valence-electron chi connectivity index (χ2n) is 5.27. The molecule has 0 N–H and O–H groups in total. The molecule has 1 heterocycles. The number of aromatic nitrogens is 4. The molecule has 3 aromatic carbocycles. The lowest BCUT2D eigenvalue weighted by Gasteiger charge is -1.99. The van der Waals surface area contributed by atoms with Gasteiger partial charge >= 0.3 is 5.82 Å². The Morgan fingerprint density at radius 2 is 1.38 bits per heavy atom. The van der Waals surface area contributed by atoms with Crippen LogP contribution in [-0.2, 0) is 0 Å². The van der Waals surface area contributed by atoms with E-state index >= 15 is 0 Å². The van der Waals surface area contributed by atoms with Crippen molar-refractivity contribution in [2.24, 2.45) is 0 Å². The van der Waals surface area contributed by atoms with E-state index in [0.717, 1.165) is 22.8 Å². The highest BCUT2D eigenvalue weighted by Crippen LogP contribution is 2.19. The van der Waals surface area contributed by atoms with E-state index < -0.39 is 0 Å². The molecule has 0 aliphatic heterocycles. The molecule has 0 aliphatic carbocycles. The van der Waals surface area contributed by atoms with Gasteiger partial charge in [0.15, 0.2) is 5.69 Å². The Hall–Kier alpha value is -2.98. The van der Waals surface area contributed by atoms with Crippen LogP contribution >= 0.6 is 11.6 Å². The molecule has 0 spiro atoms. The van der Waals surface area contributed by atoms with E-state index in [1.807, 2.05) is 84.9 Å². The van der Waals surface area contributed by atoms with Crippen LogP contribution in [0.1, 0.15) is 0 Å². The predicted octanol–water partition coefficient (Wildman–Crippen LogP) is 3.86. The van der Waals surface area contributed by atoms with Gasteiger partial charge in [-0.2, -0.15) is 0 Å². The summed E-state index contributed by atoms with van der Waals surface area (Å²) in [6.07, 6.45) is 0. The van der Waals surface area contributed by atoms with Crippen LogP contribution in [0.25, 0.3) is 22.8 Å². The summed E-state index contributed by atoms with van der Waals surface area (Å²) < 4.78 is 1.77. The van der Waals surface area contributed by atoms with Crippen molar-refractivity contribution in [3.63, 3.8) is 0 Å². The highest BCUT2D eigenvalue weighted by atomic mass is 35.5. The lowest BCUT2D eigenvalue weighted by molar-refractivity contribution is -0.650. The van der Waals surface area contributed by atoms with E-state index in [2.05, 4.69) is 10.3 Å². The van der Waals surface area contributed by atoms with Crippen LogP contribution in [0.2, 0.25) is 5.02 Å². The zero-order chi connectivity index (χ0) is 16.4. The number of hydrogen-bond acceptors (Lipinski definition) is 2. The van der Waals surface area contributed by atoms with Crippen LogP contribution in [0.5, 0.6) is 0 Å². The number of halogens is 1. The van der Waals surface area contributed by atoms with E-state index in [9.17, 15) is 0 Å². The Morgan fingerprint density at radius 1 is 0.750 bits per heavy atom. The number of benzene rings is 3. The smallest absolute Gasteiger partial charge is 0.0956 e. The summed E-state index contributed by atoms with van der Waals surface area (Å²) in [5.74, 6) is 0.729. The molecule has 0 aliphatic rings. The third-order valence-electron chi connectivity index (χ3n) is 3.66. The maximum absolute atomic E-state index is 6.38. The normalized spacial score (nSPS) is 10.7. The third kappa shape index (κ3) is 2.68. The average Bonchev–Trinajstić information content (AvgIpc) is 3.09. The lowest BCUT2D eigenvalue weighted by Crippen LogP contribution is -2.36.